The van der Waals surface area contributed by atoms with Gasteiger partial charge in [0.25, 0.3) is 5.91 Å². The van der Waals surface area contributed by atoms with Crippen molar-refractivity contribution in [1.29, 1.82) is 0 Å². The molecule has 0 atom stereocenters. The molecule has 26 heavy (non-hydrogen) atoms. The van der Waals surface area contributed by atoms with Crippen LogP contribution < -0.4 is 10.4 Å². The molecule has 2 aromatic carbocycles. The zero-order valence-corrected chi connectivity index (χ0v) is 15.4. The molecule has 2 amide bonds. The number of para-hydroxylation sites is 1. The van der Waals surface area contributed by atoms with Gasteiger partial charge in [0.15, 0.2) is 0 Å². The average molecular weight is 372 g/mol. The van der Waals surface area contributed by atoms with Gasteiger partial charge in [-0.3, -0.25) is 20.0 Å². The fourth-order valence-electron chi connectivity index (χ4n) is 3.09. The molecule has 1 N–H and O–H groups in total. The standard InChI is InChI=1S/C20H22ClN3O2/c1-23(18-5-3-2-4-6-18)22-19(25)15-11-13-24(14-12-15)20(26)16-7-9-17(21)10-8-16/h2-10,15H,11-14H2,1H3,(H,22,25). The Labute approximate surface area is 158 Å². The van der Waals surface area contributed by atoms with Crippen molar-refractivity contribution in [3.63, 3.8) is 0 Å². The van der Waals surface area contributed by atoms with Crippen LogP contribution in [0.2, 0.25) is 5.02 Å². The van der Waals surface area contributed by atoms with Crippen LogP contribution in [0.5, 0.6) is 0 Å². The Morgan fingerprint density at radius 1 is 1.04 bits per heavy atom. The third-order valence-corrected chi connectivity index (χ3v) is 4.92. The first-order valence-electron chi connectivity index (χ1n) is 8.68. The molecule has 1 aliphatic heterocycles. The third-order valence-electron chi connectivity index (χ3n) is 4.67. The Kier molecular flexibility index (Phi) is 5.78. The van der Waals surface area contributed by atoms with Crippen LogP contribution in [0.25, 0.3) is 0 Å². The van der Waals surface area contributed by atoms with Crippen molar-refractivity contribution >= 4 is 29.1 Å². The number of hydrogen-bond donors (Lipinski definition) is 1. The monoisotopic (exact) mass is 371 g/mol. The number of halogens is 1. The maximum absolute atomic E-state index is 12.5. The van der Waals surface area contributed by atoms with E-state index in [1.165, 1.54) is 0 Å². The second kappa shape index (κ2) is 8.23. The Balaban J connectivity index is 1.52. The molecular weight excluding hydrogens is 350 g/mol. The molecule has 6 heteroatoms. The second-order valence-electron chi connectivity index (χ2n) is 6.44. The molecule has 1 heterocycles. The van der Waals surface area contributed by atoms with E-state index in [4.69, 9.17) is 11.6 Å². The lowest BCUT2D eigenvalue weighted by atomic mass is 9.95. The van der Waals surface area contributed by atoms with E-state index in [0.29, 0.717) is 36.5 Å². The molecule has 2 aromatic rings. The molecule has 1 aliphatic rings. The summed E-state index contributed by atoms with van der Waals surface area (Å²) in [5.74, 6) is -0.104. The van der Waals surface area contributed by atoms with Crippen LogP contribution in [0.4, 0.5) is 5.69 Å². The summed E-state index contributed by atoms with van der Waals surface area (Å²) in [6.45, 7) is 1.16. The van der Waals surface area contributed by atoms with Gasteiger partial charge in [0.1, 0.15) is 0 Å². The van der Waals surface area contributed by atoms with Gasteiger partial charge >= 0.3 is 0 Å². The highest BCUT2D eigenvalue weighted by Gasteiger charge is 2.28. The van der Waals surface area contributed by atoms with Gasteiger partial charge in [0.05, 0.1) is 5.69 Å². The molecule has 1 saturated heterocycles. The molecule has 136 valence electrons. The number of likely N-dealkylation sites (tertiary alicyclic amines) is 1. The average Bonchev–Trinajstić information content (AvgIpc) is 2.69. The molecule has 0 aliphatic carbocycles. The molecule has 1 fully saturated rings. The van der Waals surface area contributed by atoms with Crippen LogP contribution in [0, 0.1) is 5.92 Å². The van der Waals surface area contributed by atoms with E-state index in [9.17, 15) is 9.59 Å². The smallest absolute Gasteiger partial charge is 0.253 e. The van der Waals surface area contributed by atoms with Gasteiger partial charge in [0, 0.05) is 36.6 Å². The Morgan fingerprint density at radius 2 is 1.65 bits per heavy atom. The first kappa shape index (κ1) is 18.3. The topological polar surface area (TPSA) is 52.7 Å². The summed E-state index contributed by atoms with van der Waals surface area (Å²) < 4.78 is 0. The summed E-state index contributed by atoms with van der Waals surface area (Å²) in [6.07, 6.45) is 1.32. The zero-order valence-electron chi connectivity index (χ0n) is 14.7. The van der Waals surface area contributed by atoms with E-state index in [1.807, 2.05) is 37.4 Å². The summed E-state index contributed by atoms with van der Waals surface area (Å²) >= 11 is 5.87. The zero-order chi connectivity index (χ0) is 18.5. The number of rotatable bonds is 4. The number of piperidine rings is 1. The summed E-state index contributed by atoms with van der Waals surface area (Å²) in [5, 5.41) is 2.34. The number of benzene rings is 2. The number of amides is 2. The minimum Gasteiger partial charge on any atom is -0.339 e. The van der Waals surface area contributed by atoms with E-state index in [1.54, 1.807) is 34.2 Å². The van der Waals surface area contributed by atoms with Crippen LogP contribution >= 0.6 is 11.6 Å². The lowest BCUT2D eigenvalue weighted by Crippen LogP contribution is -2.47. The first-order valence-corrected chi connectivity index (χ1v) is 9.06. The molecule has 3 rings (SSSR count). The highest BCUT2D eigenvalue weighted by atomic mass is 35.5. The van der Waals surface area contributed by atoms with E-state index in [0.717, 1.165) is 5.69 Å². The van der Waals surface area contributed by atoms with Crippen molar-refractivity contribution in [3.05, 3.63) is 65.2 Å². The highest BCUT2D eigenvalue weighted by molar-refractivity contribution is 6.30. The van der Waals surface area contributed by atoms with E-state index in [-0.39, 0.29) is 17.7 Å². The van der Waals surface area contributed by atoms with Gasteiger partial charge in [-0.15, -0.1) is 0 Å². The lowest BCUT2D eigenvalue weighted by molar-refractivity contribution is -0.126. The molecule has 0 spiro atoms. The number of nitrogens with zero attached hydrogens (tertiary/aromatic N) is 2. The van der Waals surface area contributed by atoms with E-state index in [2.05, 4.69) is 5.43 Å². The van der Waals surface area contributed by atoms with Crippen molar-refractivity contribution in [3.8, 4) is 0 Å². The van der Waals surface area contributed by atoms with Crippen LogP contribution in [0.1, 0.15) is 23.2 Å². The molecule has 0 unspecified atom stereocenters. The maximum Gasteiger partial charge on any atom is 0.253 e. The molecule has 0 saturated carbocycles. The van der Waals surface area contributed by atoms with E-state index >= 15 is 0 Å². The van der Waals surface area contributed by atoms with E-state index < -0.39 is 0 Å². The summed E-state index contributed by atoms with van der Waals surface area (Å²) in [6, 6.07) is 16.6. The molecule has 0 radical (unpaired) electrons. The number of anilines is 1. The fraction of sp³-hybridized carbons (Fsp3) is 0.300. The number of carbonyl (C=O) groups excluding carboxylic acids is 2. The number of hydrazine groups is 1. The predicted molar refractivity (Wildman–Crippen MR) is 103 cm³/mol. The van der Waals surface area contributed by atoms with Gasteiger partial charge < -0.3 is 4.90 Å². The number of nitrogens with one attached hydrogen (secondary N) is 1. The van der Waals surface area contributed by atoms with Crippen LogP contribution in [0.3, 0.4) is 0 Å². The van der Waals surface area contributed by atoms with Crippen molar-refractivity contribution in [1.82, 2.24) is 10.3 Å². The minimum absolute atomic E-state index is 0.00468. The van der Waals surface area contributed by atoms with Crippen molar-refractivity contribution in [2.24, 2.45) is 5.92 Å². The van der Waals surface area contributed by atoms with Gasteiger partial charge in [-0.25, -0.2) is 0 Å². The predicted octanol–water partition coefficient (Wildman–Crippen LogP) is 3.36. The molecule has 0 aromatic heterocycles. The Bertz CT molecular complexity index is 756. The van der Waals surface area contributed by atoms with Crippen molar-refractivity contribution in [2.75, 3.05) is 25.1 Å². The maximum atomic E-state index is 12.5. The molecule has 0 bridgehead atoms. The van der Waals surface area contributed by atoms with Gasteiger partial charge in [-0.2, -0.15) is 0 Å². The highest BCUT2D eigenvalue weighted by Crippen LogP contribution is 2.20. The Hall–Kier alpha value is -2.53. The number of carbonyl (C=O) groups is 2. The van der Waals surface area contributed by atoms with Crippen molar-refractivity contribution in [2.45, 2.75) is 12.8 Å². The number of hydrogen-bond acceptors (Lipinski definition) is 3. The van der Waals surface area contributed by atoms with Crippen LogP contribution in [-0.2, 0) is 4.79 Å². The molecular formula is C20H22ClN3O2. The largest absolute Gasteiger partial charge is 0.339 e. The third kappa shape index (κ3) is 4.35. The molecule has 5 nitrogen and oxygen atoms in total. The fourth-order valence-corrected chi connectivity index (χ4v) is 3.22. The minimum atomic E-state index is -0.0876. The lowest BCUT2D eigenvalue weighted by Gasteiger charge is -2.32. The SMILES string of the molecule is CN(NC(=O)C1CCN(C(=O)c2ccc(Cl)cc2)CC1)c1ccccc1. The normalized spacial score (nSPS) is 14.8. The second-order valence-corrected chi connectivity index (χ2v) is 6.88. The van der Waals surface area contributed by atoms with Crippen LogP contribution in [-0.4, -0.2) is 36.9 Å². The van der Waals surface area contributed by atoms with Crippen molar-refractivity contribution < 1.29 is 9.59 Å². The van der Waals surface area contributed by atoms with Gasteiger partial charge in [0.2, 0.25) is 5.91 Å². The van der Waals surface area contributed by atoms with Crippen LogP contribution in [0.15, 0.2) is 54.6 Å². The van der Waals surface area contributed by atoms with Gasteiger partial charge in [-0.1, -0.05) is 29.8 Å². The summed E-state index contributed by atoms with van der Waals surface area (Å²) in [4.78, 5) is 26.8. The summed E-state index contributed by atoms with van der Waals surface area (Å²) in [5.41, 5.74) is 4.48. The summed E-state index contributed by atoms with van der Waals surface area (Å²) in [7, 11) is 1.83. The first-order chi connectivity index (χ1) is 12.5. The quantitative estimate of drug-likeness (QED) is 0.838. The Morgan fingerprint density at radius 3 is 2.27 bits per heavy atom. The van der Waals surface area contributed by atoms with Gasteiger partial charge in [-0.05, 0) is 49.2 Å².